The van der Waals surface area contributed by atoms with Gasteiger partial charge in [0, 0.05) is 30.4 Å². The molecular formula is C33H41N3O5S2. The number of nitrogens with zero attached hydrogens (tertiary/aromatic N) is 3. The van der Waals surface area contributed by atoms with Gasteiger partial charge in [-0.25, -0.2) is 17.7 Å². The van der Waals surface area contributed by atoms with Crippen molar-refractivity contribution in [3.8, 4) is 11.5 Å². The minimum atomic E-state index is -3.89. The first kappa shape index (κ1) is 29.1. The summed E-state index contributed by atoms with van der Waals surface area (Å²) in [6.07, 6.45) is 7.67. The molecule has 1 saturated heterocycles. The Bertz CT molecular complexity index is 1460. The third-order valence-electron chi connectivity index (χ3n) is 9.96. The highest BCUT2D eigenvalue weighted by molar-refractivity contribution is 7.93. The number of methoxy groups -OCH3 is 1. The molecule has 10 heteroatoms. The quantitative estimate of drug-likeness (QED) is 0.270. The van der Waals surface area contributed by atoms with Crippen LogP contribution in [0.15, 0.2) is 58.8 Å². The van der Waals surface area contributed by atoms with Crippen LogP contribution in [0.3, 0.4) is 0 Å². The molecule has 8 rings (SSSR count). The van der Waals surface area contributed by atoms with Gasteiger partial charge in [-0.2, -0.15) is 0 Å². The maximum atomic E-state index is 14.3. The van der Waals surface area contributed by atoms with Crippen LogP contribution in [0.2, 0.25) is 0 Å². The van der Waals surface area contributed by atoms with Gasteiger partial charge in [-0.05, 0) is 98.2 Å². The molecule has 1 aromatic heterocycles. The molecule has 2 heterocycles. The van der Waals surface area contributed by atoms with E-state index in [1.807, 2.05) is 24.3 Å². The summed E-state index contributed by atoms with van der Waals surface area (Å²) in [5.74, 6) is 3.79. The van der Waals surface area contributed by atoms with Gasteiger partial charge in [0.15, 0.2) is 5.13 Å². The first-order chi connectivity index (χ1) is 20.9. The van der Waals surface area contributed by atoms with Crippen LogP contribution in [0.25, 0.3) is 0 Å². The number of benzene rings is 2. The van der Waals surface area contributed by atoms with E-state index in [0.29, 0.717) is 17.5 Å². The van der Waals surface area contributed by atoms with Crippen LogP contribution < -0.4 is 13.8 Å². The molecule has 3 aromatic rings. The van der Waals surface area contributed by atoms with Gasteiger partial charge in [-0.3, -0.25) is 4.90 Å². The highest BCUT2D eigenvalue weighted by atomic mass is 32.2. The Morgan fingerprint density at radius 1 is 0.953 bits per heavy atom. The third kappa shape index (κ3) is 6.03. The van der Waals surface area contributed by atoms with Gasteiger partial charge in [0.25, 0.3) is 10.0 Å². The van der Waals surface area contributed by atoms with E-state index in [9.17, 15) is 8.42 Å². The second-order valence-electron chi connectivity index (χ2n) is 12.8. The van der Waals surface area contributed by atoms with Crippen LogP contribution in [-0.2, 0) is 26.7 Å². The molecule has 1 aliphatic heterocycles. The van der Waals surface area contributed by atoms with Crippen molar-refractivity contribution < 1.29 is 22.6 Å². The summed E-state index contributed by atoms with van der Waals surface area (Å²) in [5, 5.41) is 2.68. The fourth-order valence-corrected chi connectivity index (χ4v) is 10.7. The normalized spacial score (nSPS) is 26.9. The molecular weight excluding hydrogens is 583 g/mol. The average molecular weight is 624 g/mol. The van der Waals surface area contributed by atoms with Crippen molar-refractivity contribution in [2.75, 3.05) is 50.9 Å². The van der Waals surface area contributed by atoms with E-state index < -0.39 is 10.0 Å². The van der Waals surface area contributed by atoms with Gasteiger partial charge < -0.3 is 14.2 Å². The van der Waals surface area contributed by atoms with E-state index >= 15 is 0 Å². The first-order valence-electron chi connectivity index (χ1n) is 15.5. The van der Waals surface area contributed by atoms with E-state index in [-0.39, 0.29) is 16.9 Å². The van der Waals surface area contributed by atoms with Crippen molar-refractivity contribution in [3.63, 3.8) is 0 Å². The molecule has 230 valence electrons. The molecule has 4 bridgehead atoms. The van der Waals surface area contributed by atoms with E-state index in [4.69, 9.17) is 19.2 Å². The fraction of sp³-hybridized carbons (Fsp3) is 0.545. The lowest BCUT2D eigenvalue weighted by Crippen LogP contribution is -2.48. The molecule has 0 radical (unpaired) electrons. The predicted octanol–water partition coefficient (Wildman–Crippen LogP) is 5.73. The van der Waals surface area contributed by atoms with Gasteiger partial charge >= 0.3 is 0 Å². The third-order valence-corrected chi connectivity index (χ3v) is 12.7. The van der Waals surface area contributed by atoms with E-state index in [1.165, 1.54) is 54.2 Å². The predicted molar refractivity (Wildman–Crippen MR) is 168 cm³/mol. The van der Waals surface area contributed by atoms with Gasteiger partial charge in [0.05, 0.1) is 37.5 Å². The van der Waals surface area contributed by atoms with Crippen LogP contribution in [0.5, 0.6) is 11.5 Å². The number of hydrogen-bond donors (Lipinski definition) is 0. The number of anilines is 1. The molecule has 0 amide bonds. The van der Waals surface area contributed by atoms with E-state index in [1.54, 1.807) is 31.4 Å². The number of aromatic nitrogens is 1. The molecule has 4 aliphatic carbocycles. The van der Waals surface area contributed by atoms with Gasteiger partial charge in [-0.1, -0.05) is 12.1 Å². The Labute approximate surface area is 259 Å². The number of morpholine rings is 1. The summed E-state index contributed by atoms with van der Waals surface area (Å²) in [6, 6.07) is 14.4. The lowest BCUT2D eigenvalue weighted by Gasteiger charge is -2.56. The van der Waals surface area contributed by atoms with Crippen molar-refractivity contribution in [1.82, 2.24) is 9.88 Å². The van der Waals surface area contributed by atoms with Crippen molar-refractivity contribution in [1.29, 1.82) is 0 Å². The maximum Gasteiger partial charge on any atom is 0.266 e. The summed E-state index contributed by atoms with van der Waals surface area (Å²) < 4.78 is 46.7. The molecule has 0 spiro atoms. The molecule has 4 saturated carbocycles. The molecule has 5 aliphatic rings. The highest BCUT2D eigenvalue weighted by Gasteiger charge is 2.52. The zero-order valence-corrected chi connectivity index (χ0v) is 26.5. The van der Waals surface area contributed by atoms with E-state index in [0.717, 1.165) is 67.6 Å². The average Bonchev–Trinajstić information content (AvgIpc) is 3.51. The largest absolute Gasteiger partial charge is 0.497 e. The van der Waals surface area contributed by atoms with Gasteiger partial charge in [0.2, 0.25) is 0 Å². The Kier molecular flexibility index (Phi) is 8.13. The Morgan fingerprint density at radius 2 is 1.58 bits per heavy atom. The Balaban J connectivity index is 1.13. The van der Waals surface area contributed by atoms with Crippen molar-refractivity contribution in [2.24, 2.45) is 17.8 Å². The summed E-state index contributed by atoms with van der Waals surface area (Å²) >= 11 is 1.46. The Hall–Kier alpha value is -2.66. The summed E-state index contributed by atoms with van der Waals surface area (Å²) in [7, 11) is -2.26. The minimum Gasteiger partial charge on any atom is -0.497 e. The monoisotopic (exact) mass is 623 g/mol. The molecule has 43 heavy (non-hydrogen) atoms. The minimum absolute atomic E-state index is 0.110. The SMILES string of the molecule is COc1ccc(CN(c2nc(C34CC5CC(CC(C5)C3)C4)cs2)S(=O)(=O)c2ccc(OCCN3CCOCC3)cc2)cc1. The van der Waals surface area contributed by atoms with Gasteiger partial charge in [-0.15, -0.1) is 11.3 Å². The molecule has 0 unspecified atom stereocenters. The molecule has 8 nitrogen and oxygen atoms in total. The van der Waals surface area contributed by atoms with Crippen LogP contribution >= 0.6 is 11.3 Å². The van der Waals surface area contributed by atoms with Crippen LogP contribution in [-0.4, -0.2) is 64.9 Å². The summed E-state index contributed by atoms with van der Waals surface area (Å²) in [4.78, 5) is 7.67. The van der Waals surface area contributed by atoms with Crippen molar-refractivity contribution in [3.05, 3.63) is 65.2 Å². The standard InChI is InChI=1S/C33H41N3O5S2/c1-39-28-4-2-24(3-5-28)22-36(32-34-31(23-42-32)33-19-25-16-26(20-33)18-27(17-25)21-33)43(37,38)30-8-6-29(7-9-30)41-15-12-35-10-13-40-14-11-35/h2-9,23,25-27H,10-22H2,1H3. The second kappa shape index (κ2) is 12.0. The van der Waals surface area contributed by atoms with Crippen molar-refractivity contribution >= 4 is 26.5 Å². The number of rotatable bonds is 11. The number of hydrogen-bond acceptors (Lipinski definition) is 8. The molecule has 5 fully saturated rings. The zero-order chi connectivity index (χ0) is 29.4. The van der Waals surface area contributed by atoms with Crippen LogP contribution in [0.1, 0.15) is 49.8 Å². The number of sulfonamides is 1. The molecule has 2 aromatic carbocycles. The lowest BCUT2D eigenvalue weighted by molar-refractivity contribution is -0.00689. The first-order valence-corrected chi connectivity index (χ1v) is 17.9. The van der Waals surface area contributed by atoms with Crippen molar-refractivity contribution in [2.45, 2.75) is 55.4 Å². The summed E-state index contributed by atoms with van der Waals surface area (Å²) in [5.41, 5.74) is 2.09. The lowest BCUT2D eigenvalue weighted by atomic mass is 9.49. The summed E-state index contributed by atoms with van der Waals surface area (Å²) in [6.45, 7) is 4.87. The smallest absolute Gasteiger partial charge is 0.266 e. The maximum absolute atomic E-state index is 14.3. The number of ether oxygens (including phenoxy) is 3. The van der Waals surface area contributed by atoms with Gasteiger partial charge in [0.1, 0.15) is 18.1 Å². The fourth-order valence-electron chi connectivity index (χ4n) is 8.15. The second-order valence-corrected chi connectivity index (χ2v) is 15.5. The Morgan fingerprint density at radius 3 is 2.21 bits per heavy atom. The zero-order valence-electron chi connectivity index (χ0n) is 24.8. The number of thiazole rings is 1. The topological polar surface area (TPSA) is 81.2 Å². The van der Waals surface area contributed by atoms with Crippen LogP contribution in [0, 0.1) is 17.8 Å². The van der Waals surface area contributed by atoms with Crippen LogP contribution in [0.4, 0.5) is 5.13 Å². The van der Waals surface area contributed by atoms with E-state index in [2.05, 4.69) is 10.3 Å². The highest BCUT2D eigenvalue weighted by Crippen LogP contribution is 2.61. The molecule has 0 atom stereocenters. The molecule has 0 N–H and O–H groups in total.